The first-order valence-corrected chi connectivity index (χ1v) is 11.6. The molecular formula is C23H35N3O6. The van der Waals surface area contributed by atoms with Crippen LogP contribution in [0.1, 0.15) is 43.0 Å². The van der Waals surface area contributed by atoms with Crippen LogP contribution in [-0.4, -0.2) is 80.4 Å². The number of carbonyl (C=O) groups excluding carboxylic acids is 1. The Morgan fingerprint density at radius 3 is 2.81 bits per heavy atom. The summed E-state index contributed by atoms with van der Waals surface area (Å²) in [5.41, 5.74) is 6.79. The first-order valence-electron chi connectivity index (χ1n) is 11.6. The molecule has 9 nitrogen and oxygen atoms in total. The Labute approximate surface area is 189 Å². The summed E-state index contributed by atoms with van der Waals surface area (Å²) in [5, 5.41) is 13.6. The molecule has 1 amide bonds. The molecule has 2 atom stereocenters. The highest BCUT2D eigenvalue weighted by molar-refractivity contribution is 5.98. The summed E-state index contributed by atoms with van der Waals surface area (Å²) in [5.74, 6) is 0.218. The summed E-state index contributed by atoms with van der Waals surface area (Å²) in [7, 11) is 0. The van der Waals surface area contributed by atoms with Gasteiger partial charge in [-0.3, -0.25) is 4.79 Å². The van der Waals surface area contributed by atoms with Gasteiger partial charge in [0.05, 0.1) is 38.1 Å². The highest BCUT2D eigenvalue weighted by atomic mass is 16.7. The summed E-state index contributed by atoms with van der Waals surface area (Å²) in [6, 6.07) is 3.29. The van der Waals surface area contributed by atoms with Gasteiger partial charge in [-0.2, -0.15) is 0 Å². The number of carbonyl (C=O) groups is 1. The Morgan fingerprint density at radius 2 is 2.03 bits per heavy atom. The molecular weight excluding hydrogens is 414 g/mol. The molecule has 0 aromatic heterocycles. The van der Waals surface area contributed by atoms with Crippen LogP contribution in [0.3, 0.4) is 0 Å². The van der Waals surface area contributed by atoms with Crippen molar-refractivity contribution >= 4 is 11.6 Å². The number of aliphatic hydroxyl groups excluding tert-OH is 1. The molecule has 1 aromatic rings. The average Bonchev–Trinajstić information content (AvgIpc) is 3.05. The fourth-order valence-corrected chi connectivity index (χ4v) is 4.59. The Hall–Kier alpha value is -2.07. The Bertz CT molecular complexity index is 798. The van der Waals surface area contributed by atoms with Gasteiger partial charge in [-0.05, 0) is 38.9 Å². The van der Waals surface area contributed by atoms with E-state index in [4.69, 9.17) is 24.7 Å². The van der Waals surface area contributed by atoms with Gasteiger partial charge in [-0.1, -0.05) is 0 Å². The Morgan fingerprint density at radius 1 is 1.25 bits per heavy atom. The number of β-amino-alcohol motifs (C(OH)–C–C–N with tert-alkyl or cyclic N) is 1. The van der Waals surface area contributed by atoms with Gasteiger partial charge in [-0.25, -0.2) is 0 Å². The molecule has 0 aliphatic carbocycles. The third kappa shape index (κ3) is 5.64. The minimum absolute atomic E-state index is 0.00560. The van der Waals surface area contributed by atoms with Gasteiger partial charge in [0.25, 0.3) is 5.91 Å². The minimum Gasteiger partial charge on any atom is -0.489 e. The minimum atomic E-state index is -0.490. The average molecular weight is 450 g/mol. The van der Waals surface area contributed by atoms with Crippen molar-refractivity contribution in [3.8, 4) is 11.5 Å². The zero-order valence-corrected chi connectivity index (χ0v) is 18.8. The summed E-state index contributed by atoms with van der Waals surface area (Å²) >= 11 is 0. The van der Waals surface area contributed by atoms with E-state index >= 15 is 0 Å². The molecule has 3 heterocycles. The molecule has 0 bridgehead atoms. The lowest BCUT2D eigenvalue weighted by atomic mass is 9.93. The van der Waals surface area contributed by atoms with E-state index in [1.807, 2.05) is 6.92 Å². The second-order valence-corrected chi connectivity index (χ2v) is 9.01. The van der Waals surface area contributed by atoms with E-state index in [1.165, 1.54) is 0 Å². The maximum atomic E-state index is 12.9. The summed E-state index contributed by atoms with van der Waals surface area (Å²) in [6.07, 6.45) is 2.87. The second kappa shape index (κ2) is 10.2. The SMILES string of the molecule is CC1(CCCN2CC[C@@H](CNC(=O)c3cc(N)cc4c3OCCCO4)C(O)C2)OCCO1. The molecule has 178 valence electrons. The van der Waals surface area contributed by atoms with Crippen LogP contribution in [0, 0.1) is 5.92 Å². The van der Waals surface area contributed by atoms with Crippen LogP contribution in [-0.2, 0) is 9.47 Å². The van der Waals surface area contributed by atoms with Gasteiger partial charge in [-0.15, -0.1) is 0 Å². The van der Waals surface area contributed by atoms with Crippen molar-refractivity contribution in [2.75, 3.05) is 58.3 Å². The number of aliphatic hydroxyl groups is 1. The van der Waals surface area contributed by atoms with Crippen LogP contribution in [0.4, 0.5) is 5.69 Å². The second-order valence-electron chi connectivity index (χ2n) is 9.01. The van der Waals surface area contributed by atoms with E-state index in [0.29, 0.717) is 62.3 Å². The number of piperidine rings is 1. The van der Waals surface area contributed by atoms with Crippen LogP contribution < -0.4 is 20.5 Å². The third-order valence-electron chi connectivity index (χ3n) is 6.45. The molecule has 32 heavy (non-hydrogen) atoms. The van der Waals surface area contributed by atoms with E-state index < -0.39 is 11.9 Å². The lowest BCUT2D eigenvalue weighted by Gasteiger charge is -2.36. The van der Waals surface area contributed by atoms with Crippen LogP contribution in [0.15, 0.2) is 12.1 Å². The number of nitrogen functional groups attached to an aromatic ring is 1. The van der Waals surface area contributed by atoms with E-state index in [0.717, 1.165) is 38.8 Å². The molecule has 2 fully saturated rings. The van der Waals surface area contributed by atoms with E-state index in [2.05, 4.69) is 10.2 Å². The molecule has 1 aromatic carbocycles. The summed E-state index contributed by atoms with van der Waals surface area (Å²) in [6.45, 7) is 7.11. The molecule has 2 saturated heterocycles. The van der Waals surface area contributed by atoms with Crippen molar-refractivity contribution in [2.45, 2.75) is 44.5 Å². The number of ether oxygens (including phenoxy) is 4. The number of hydrogen-bond donors (Lipinski definition) is 3. The summed E-state index contributed by atoms with van der Waals surface area (Å²) in [4.78, 5) is 15.1. The standard InChI is InChI=1S/C23H35N3O6/c1-23(31-10-11-32-23)5-2-6-26-7-4-16(19(27)15-26)14-25-22(28)18-12-17(24)13-20-21(18)30-9-3-8-29-20/h12-13,16,19,27H,2-11,14-15,24H2,1H3,(H,25,28)/t16-,19?/m0/s1. The molecule has 1 unspecified atom stereocenters. The number of nitrogens with zero attached hydrogens (tertiary/aromatic N) is 1. The quantitative estimate of drug-likeness (QED) is 0.535. The van der Waals surface area contributed by atoms with Crippen LogP contribution >= 0.6 is 0 Å². The van der Waals surface area contributed by atoms with Crippen molar-refractivity contribution in [3.05, 3.63) is 17.7 Å². The first kappa shape index (κ1) is 23.1. The molecule has 0 saturated carbocycles. The largest absolute Gasteiger partial charge is 0.489 e. The van der Waals surface area contributed by atoms with Crippen molar-refractivity contribution in [3.63, 3.8) is 0 Å². The van der Waals surface area contributed by atoms with Gasteiger partial charge in [0.2, 0.25) is 0 Å². The molecule has 4 rings (SSSR count). The van der Waals surface area contributed by atoms with Crippen molar-refractivity contribution in [1.29, 1.82) is 0 Å². The smallest absolute Gasteiger partial charge is 0.255 e. The zero-order chi connectivity index (χ0) is 22.6. The van der Waals surface area contributed by atoms with E-state index in [-0.39, 0.29) is 11.8 Å². The lowest BCUT2D eigenvalue weighted by molar-refractivity contribution is -0.148. The number of rotatable bonds is 7. The lowest BCUT2D eigenvalue weighted by Crippen LogP contribution is -2.48. The van der Waals surface area contributed by atoms with Gasteiger partial charge in [0, 0.05) is 43.6 Å². The highest BCUT2D eigenvalue weighted by Crippen LogP contribution is 2.36. The Balaban J connectivity index is 1.25. The molecule has 0 spiro atoms. The predicted octanol–water partition coefficient (Wildman–Crippen LogP) is 1.39. The number of anilines is 1. The third-order valence-corrected chi connectivity index (χ3v) is 6.45. The topological polar surface area (TPSA) is 116 Å². The summed E-state index contributed by atoms with van der Waals surface area (Å²) < 4.78 is 22.7. The molecule has 9 heteroatoms. The Kier molecular flexibility index (Phi) is 7.40. The fraction of sp³-hybridized carbons (Fsp3) is 0.696. The van der Waals surface area contributed by atoms with Gasteiger partial charge >= 0.3 is 0 Å². The number of fused-ring (bicyclic) bond motifs is 1. The van der Waals surface area contributed by atoms with Crippen LogP contribution in [0.5, 0.6) is 11.5 Å². The number of hydrogen-bond acceptors (Lipinski definition) is 8. The van der Waals surface area contributed by atoms with Gasteiger partial charge in [0.1, 0.15) is 0 Å². The maximum absolute atomic E-state index is 12.9. The monoisotopic (exact) mass is 449 g/mol. The van der Waals surface area contributed by atoms with Crippen LogP contribution in [0.2, 0.25) is 0 Å². The van der Waals surface area contributed by atoms with Gasteiger partial charge in [0.15, 0.2) is 17.3 Å². The fourth-order valence-electron chi connectivity index (χ4n) is 4.59. The van der Waals surface area contributed by atoms with Crippen molar-refractivity contribution in [1.82, 2.24) is 10.2 Å². The maximum Gasteiger partial charge on any atom is 0.255 e. The number of amides is 1. The number of nitrogens with two attached hydrogens (primary N) is 1. The van der Waals surface area contributed by atoms with Crippen molar-refractivity contribution in [2.24, 2.45) is 5.92 Å². The van der Waals surface area contributed by atoms with E-state index in [1.54, 1.807) is 12.1 Å². The van der Waals surface area contributed by atoms with Crippen LogP contribution in [0.25, 0.3) is 0 Å². The normalized spacial score (nSPS) is 25.3. The van der Waals surface area contributed by atoms with Gasteiger partial charge < -0.3 is 40.0 Å². The van der Waals surface area contributed by atoms with Crippen molar-refractivity contribution < 1.29 is 28.8 Å². The van der Waals surface area contributed by atoms with E-state index in [9.17, 15) is 9.90 Å². The highest BCUT2D eigenvalue weighted by Gasteiger charge is 2.32. The predicted molar refractivity (Wildman–Crippen MR) is 119 cm³/mol. The first-order chi connectivity index (χ1) is 15.4. The number of benzene rings is 1. The number of likely N-dealkylation sites (tertiary alicyclic amines) is 1. The molecule has 0 radical (unpaired) electrons. The molecule has 3 aliphatic rings. The molecule has 4 N–H and O–H groups in total. The molecule has 3 aliphatic heterocycles. The number of nitrogens with one attached hydrogen (secondary N) is 1. The zero-order valence-electron chi connectivity index (χ0n) is 18.8.